The smallest absolute Gasteiger partial charge is 0.507 e. The van der Waals surface area contributed by atoms with Crippen LogP contribution in [0.1, 0.15) is 11.1 Å². The molecule has 6 rings (SSSR count). The first kappa shape index (κ1) is 40.4. The van der Waals surface area contributed by atoms with Gasteiger partial charge in [-0.2, -0.15) is 35.5 Å². The predicted octanol–water partition coefficient (Wildman–Crippen LogP) is 4.97. The van der Waals surface area contributed by atoms with E-state index in [4.69, 9.17) is 0 Å². The fourth-order valence-electron chi connectivity index (χ4n) is 5.59. The number of aryl methyl sites for hydroxylation is 2. The zero-order chi connectivity index (χ0) is 38.6. The maximum atomic E-state index is 12.2. The predicted molar refractivity (Wildman–Crippen MR) is 192 cm³/mol. The number of phenols is 3. The van der Waals surface area contributed by atoms with Crippen LogP contribution in [0.2, 0.25) is 0 Å². The normalized spacial score (nSPS) is 12.5. The van der Waals surface area contributed by atoms with Crippen LogP contribution in [0.4, 0.5) is 22.7 Å². The molecule has 0 saturated heterocycles. The Morgan fingerprint density at radius 3 is 1.56 bits per heavy atom. The number of fused-ring (bicyclic) bond motifs is 2. The summed E-state index contributed by atoms with van der Waals surface area (Å²) < 4.78 is 101. The molecule has 0 aliphatic carbocycles. The minimum absolute atomic E-state index is 0. The van der Waals surface area contributed by atoms with Gasteiger partial charge in [-0.25, -0.2) is 0 Å². The first-order valence-corrected chi connectivity index (χ1v) is 19.3. The van der Waals surface area contributed by atoms with Crippen LogP contribution in [0, 0.1) is 13.8 Å². The Balaban J connectivity index is 0.00000561. The van der Waals surface area contributed by atoms with E-state index in [1.54, 1.807) is 62.4 Å². The molecule has 0 atom stereocenters. The third-order valence-corrected chi connectivity index (χ3v) is 10.8. The average Bonchev–Trinajstić information content (AvgIpc) is 3.06. The van der Waals surface area contributed by atoms with E-state index in [1.807, 2.05) is 0 Å². The van der Waals surface area contributed by atoms with Gasteiger partial charge in [0.05, 0.1) is 21.7 Å². The molecule has 20 heteroatoms. The van der Waals surface area contributed by atoms with Crippen LogP contribution < -0.4 is 29.6 Å². The van der Waals surface area contributed by atoms with Crippen molar-refractivity contribution in [2.24, 2.45) is 20.5 Å². The second-order valence-electron chi connectivity index (χ2n) is 11.7. The van der Waals surface area contributed by atoms with Crippen molar-refractivity contribution in [1.82, 2.24) is 0 Å². The molecule has 0 spiro atoms. The van der Waals surface area contributed by atoms with Crippen molar-refractivity contribution < 1.29 is 83.8 Å². The number of phenolic OH excluding ortho intramolecular Hbond substituents is 3. The molecular weight excluding hydrogens is 776 g/mol. The van der Waals surface area contributed by atoms with Crippen LogP contribution >= 0.6 is 0 Å². The molecule has 6 aromatic rings. The number of azo groups is 2. The molecule has 6 N–H and O–H groups in total. The Hall–Kier alpha value is -4.83. The van der Waals surface area contributed by atoms with Crippen molar-refractivity contribution in [1.29, 1.82) is 0 Å². The summed E-state index contributed by atoms with van der Waals surface area (Å²) in [6, 6.07) is 19.4. The van der Waals surface area contributed by atoms with E-state index < -0.39 is 67.6 Å². The summed E-state index contributed by atoms with van der Waals surface area (Å²) in [6.07, 6.45) is 0. The number of nitrogens with zero attached hydrogens (tertiary/aromatic N) is 4. The van der Waals surface area contributed by atoms with Crippen molar-refractivity contribution in [3.63, 3.8) is 0 Å². The molecule has 16 nitrogen and oxygen atoms in total. The number of aromatic hydroxyl groups is 3. The van der Waals surface area contributed by atoms with Crippen LogP contribution in [-0.4, -0.2) is 54.2 Å². The summed E-state index contributed by atoms with van der Waals surface area (Å²) in [4.78, 5) is -2.18. The topological polar surface area (TPSA) is 273 Å². The van der Waals surface area contributed by atoms with Gasteiger partial charge in [-0.15, -0.1) is 10.2 Å². The van der Waals surface area contributed by atoms with Crippen molar-refractivity contribution in [2.75, 3.05) is 0 Å². The minimum atomic E-state index is -5.08. The van der Waals surface area contributed by atoms with Gasteiger partial charge in [0, 0.05) is 16.8 Å². The largest absolute Gasteiger partial charge is 1.00 e. The van der Waals surface area contributed by atoms with E-state index in [0.717, 1.165) is 23.8 Å². The number of rotatable bonds is 8. The average molecular weight is 802 g/mol. The molecule has 0 amide bonds. The number of hydrogen-bond donors (Lipinski definition) is 6. The number of hydrogen-bond acceptors (Lipinski definition) is 13. The van der Waals surface area contributed by atoms with Crippen molar-refractivity contribution in [3.8, 4) is 28.4 Å². The van der Waals surface area contributed by atoms with Crippen LogP contribution in [0.25, 0.3) is 32.7 Å². The molecule has 0 aromatic heterocycles. The fourth-order valence-corrected chi connectivity index (χ4v) is 7.50. The van der Waals surface area contributed by atoms with E-state index in [9.17, 15) is 54.2 Å². The summed E-state index contributed by atoms with van der Waals surface area (Å²) >= 11 is 0. The van der Waals surface area contributed by atoms with Gasteiger partial charge in [-0.1, -0.05) is 36.4 Å². The van der Waals surface area contributed by atoms with Gasteiger partial charge in [0.15, 0.2) is 11.5 Å². The standard InChI is InChI=1S/C34H26N4O12S3.Na/c1-17-11-19(7-9-25(17)35-37-27-16-29(52(45,46)47)23-5-3-4-6-24(23)33(27)40)20-8-10-26(18(2)12-20)36-38-32-30(53(48,49)50)14-21-13-22(51(42,43)44)15-28(39)31(21)34(32)41;/h3-16,39-41H,1-2H3,(H,42,43,44)(H,45,46,47)(H,48,49,50);/q;+1. The molecule has 272 valence electrons. The maximum absolute atomic E-state index is 12.2. The van der Waals surface area contributed by atoms with Crippen molar-refractivity contribution in [3.05, 3.63) is 96.1 Å². The van der Waals surface area contributed by atoms with Gasteiger partial charge in [0.2, 0.25) is 0 Å². The third kappa shape index (κ3) is 7.99. The fraction of sp³-hybridized carbons (Fsp3) is 0.0588. The molecular formula is C34H26N4NaO12S3+. The molecule has 0 bridgehead atoms. The molecule has 6 aromatic carbocycles. The van der Waals surface area contributed by atoms with Crippen molar-refractivity contribution in [2.45, 2.75) is 28.5 Å². The van der Waals surface area contributed by atoms with Gasteiger partial charge in [-0.3, -0.25) is 13.7 Å². The van der Waals surface area contributed by atoms with Crippen LogP contribution in [-0.2, 0) is 30.4 Å². The van der Waals surface area contributed by atoms with E-state index >= 15 is 0 Å². The summed E-state index contributed by atoms with van der Waals surface area (Å²) in [5.74, 6) is -2.08. The first-order valence-electron chi connectivity index (χ1n) is 15.0. The molecule has 0 unspecified atom stereocenters. The van der Waals surface area contributed by atoms with Gasteiger partial charge < -0.3 is 15.3 Å². The molecule has 0 aliphatic heterocycles. The Morgan fingerprint density at radius 2 is 1.04 bits per heavy atom. The second-order valence-corrected chi connectivity index (χ2v) is 15.9. The van der Waals surface area contributed by atoms with Gasteiger partial charge in [-0.05, 0) is 84.0 Å². The van der Waals surface area contributed by atoms with Gasteiger partial charge in [0.1, 0.15) is 26.9 Å². The third-order valence-electron chi connectivity index (χ3n) is 8.16. The van der Waals surface area contributed by atoms with Crippen LogP contribution in [0.15, 0.2) is 120 Å². The molecule has 0 heterocycles. The number of benzene rings is 6. The van der Waals surface area contributed by atoms with Gasteiger partial charge >= 0.3 is 29.6 Å². The maximum Gasteiger partial charge on any atom is 1.00 e. The molecule has 0 saturated carbocycles. The Bertz CT molecular complexity index is 2940. The molecule has 54 heavy (non-hydrogen) atoms. The molecule has 0 fully saturated rings. The Morgan fingerprint density at radius 1 is 0.519 bits per heavy atom. The zero-order valence-electron chi connectivity index (χ0n) is 28.2. The second kappa shape index (κ2) is 14.8. The van der Waals surface area contributed by atoms with Crippen molar-refractivity contribution >= 4 is 74.6 Å². The SMILES string of the molecule is Cc1cc(-c2ccc(N=Nc3c(S(=O)(=O)O)cc4cc(S(=O)(=O)O)cc(O)c4c3O)c(C)c2)ccc1N=Nc1cc(S(=O)(=O)O)c2ccccc2c1O.[Na+]. The molecule has 0 radical (unpaired) electrons. The van der Waals surface area contributed by atoms with E-state index in [-0.39, 0.29) is 62.8 Å². The van der Waals surface area contributed by atoms with Gasteiger partial charge in [0.25, 0.3) is 30.4 Å². The monoisotopic (exact) mass is 801 g/mol. The summed E-state index contributed by atoms with van der Waals surface area (Å²) in [6.45, 7) is 3.43. The van der Waals surface area contributed by atoms with Crippen LogP contribution in [0.5, 0.6) is 17.2 Å². The summed E-state index contributed by atoms with van der Waals surface area (Å²) in [5, 5.41) is 47.7. The zero-order valence-corrected chi connectivity index (χ0v) is 32.7. The minimum Gasteiger partial charge on any atom is -0.507 e. The quantitative estimate of drug-likeness (QED) is 0.0677. The van der Waals surface area contributed by atoms with E-state index in [1.165, 1.54) is 12.1 Å². The van der Waals surface area contributed by atoms with E-state index in [0.29, 0.717) is 28.4 Å². The Kier molecular flexibility index (Phi) is 11.0. The summed E-state index contributed by atoms with van der Waals surface area (Å²) in [7, 11) is -14.6. The summed E-state index contributed by atoms with van der Waals surface area (Å²) in [5.41, 5.74) is 2.33. The van der Waals surface area contributed by atoms with Crippen LogP contribution in [0.3, 0.4) is 0 Å². The molecule has 0 aliphatic rings. The first-order chi connectivity index (χ1) is 24.7. The Labute approximate surface area is 329 Å². The van der Waals surface area contributed by atoms with E-state index in [2.05, 4.69) is 20.5 Å².